The van der Waals surface area contributed by atoms with Crippen molar-refractivity contribution < 1.29 is 23.1 Å². The maximum absolute atomic E-state index is 11.4. The maximum atomic E-state index is 11.4. The van der Waals surface area contributed by atoms with Crippen LogP contribution in [0.3, 0.4) is 0 Å². The Kier molecular flexibility index (Phi) is 4.70. The molecule has 1 atom stereocenters. The number of ether oxygens (including phenoxy) is 1. The third-order valence-corrected chi connectivity index (χ3v) is 3.83. The van der Waals surface area contributed by atoms with Gasteiger partial charge >= 0.3 is 5.97 Å². The summed E-state index contributed by atoms with van der Waals surface area (Å²) in [6.45, 7) is 3.43. The molecule has 0 aromatic heterocycles. The fourth-order valence-corrected chi connectivity index (χ4v) is 2.29. The molecule has 1 aromatic carbocycles. The molecule has 0 heterocycles. The molecule has 1 aromatic rings. The number of sulfone groups is 1. The average Bonchev–Trinajstić information content (AvgIpc) is 2.27. The van der Waals surface area contributed by atoms with E-state index in [2.05, 4.69) is 0 Å². The molecule has 106 valence electrons. The van der Waals surface area contributed by atoms with Gasteiger partial charge in [-0.3, -0.25) is 4.79 Å². The van der Waals surface area contributed by atoms with Crippen molar-refractivity contribution in [2.24, 2.45) is 0 Å². The molecule has 0 aliphatic carbocycles. The predicted octanol–water partition coefficient (Wildman–Crippen LogP) is 1.25. The molecule has 19 heavy (non-hydrogen) atoms. The zero-order valence-corrected chi connectivity index (χ0v) is 12.0. The first-order chi connectivity index (χ1) is 8.66. The third-order valence-electron chi connectivity index (χ3n) is 2.70. The number of rotatable bonds is 5. The van der Waals surface area contributed by atoms with Gasteiger partial charge in [-0.15, -0.1) is 0 Å². The van der Waals surface area contributed by atoms with E-state index >= 15 is 0 Å². The smallest absolute Gasteiger partial charge is 0.309 e. The second kappa shape index (κ2) is 5.71. The summed E-state index contributed by atoms with van der Waals surface area (Å²) in [4.78, 5) is 11.5. The summed E-state index contributed by atoms with van der Waals surface area (Å²) in [5.41, 5.74) is -0.921. The number of hydrogen-bond donors (Lipinski definition) is 1. The Morgan fingerprint density at radius 1 is 1.32 bits per heavy atom. The van der Waals surface area contributed by atoms with Crippen molar-refractivity contribution in [2.45, 2.75) is 30.8 Å². The van der Waals surface area contributed by atoms with Crippen molar-refractivity contribution in [3.05, 3.63) is 29.8 Å². The van der Waals surface area contributed by atoms with E-state index < -0.39 is 21.4 Å². The number of aliphatic hydroxyl groups is 1. The molecule has 6 heteroatoms. The van der Waals surface area contributed by atoms with Crippen LogP contribution in [0.4, 0.5) is 0 Å². The highest BCUT2D eigenvalue weighted by molar-refractivity contribution is 7.90. The van der Waals surface area contributed by atoms with Crippen LogP contribution >= 0.6 is 0 Å². The van der Waals surface area contributed by atoms with Gasteiger partial charge < -0.3 is 9.84 Å². The van der Waals surface area contributed by atoms with Crippen LogP contribution in [0.1, 0.15) is 25.8 Å². The van der Waals surface area contributed by atoms with Gasteiger partial charge in [0, 0.05) is 6.26 Å². The quantitative estimate of drug-likeness (QED) is 0.824. The SMILES string of the molecule is CCOC(=O)CC(C)(O)c1ccc(S(C)(=O)=O)cc1. The minimum absolute atomic E-state index is 0.170. The van der Waals surface area contributed by atoms with Gasteiger partial charge in [0.15, 0.2) is 9.84 Å². The molecule has 0 bridgehead atoms. The number of benzene rings is 1. The molecule has 5 nitrogen and oxygen atoms in total. The fraction of sp³-hybridized carbons (Fsp3) is 0.462. The summed E-state index contributed by atoms with van der Waals surface area (Å²) < 4.78 is 27.4. The van der Waals surface area contributed by atoms with E-state index in [-0.39, 0.29) is 17.9 Å². The van der Waals surface area contributed by atoms with Crippen LogP contribution in [-0.2, 0) is 25.0 Å². The standard InChI is InChI=1S/C13H18O5S/c1-4-18-12(14)9-13(2,15)10-5-7-11(8-6-10)19(3,16)17/h5-8,15H,4,9H2,1-3H3. The molecule has 0 fully saturated rings. The Hall–Kier alpha value is -1.40. The fourth-order valence-electron chi connectivity index (χ4n) is 1.66. The van der Waals surface area contributed by atoms with Crippen molar-refractivity contribution in [3.63, 3.8) is 0 Å². The molecule has 0 amide bonds. The lowest BCUT2D eigenvalue weighted by Crippen LogP contribution is -2.26. The van der Waals surface area contributed by atoms with E-state index in [4.69, 9.17) is 4.74 Å². The zero-order chi connectivity index (χ0) is 14.7. The lowest BCUT2D eigenvalue weighted by Gasteiger charge is -2.22. The maximum Gasteiger partial charge on any atom is 0.309 e. The van der Waals surface area contributed by atoms with Gasteiger partial charge in [-0.25, -0.2) is 8.42 Å². The number of carbonyl (C=O) groups is 1. The van der Waals surface area contributed by atoms with Crippen molar-refractivity contribution in [1.82, 2.24) is 0 Å². The monoisotopic (exact) mass is 286 g/mol. The van der Waals surface area contributed by atoms with E-state index in [9.17, 15) is 18.3 Å². The number of esters is 1. The van der Waals surface area contributed by atoms with Crippen molar-refractivity contribution >= 4 is 15.8 Å². The molecule has 0 aliphatic rings. The van der Waals surface area contributed by atoms with Gasteiger partial charge in [0.1, 0.15) is 0 Å². The average molecular weight is 286 g/mol. The highest BCUT2D eigenvalue weighted by Crippen LogP contribution is 2.26. The first kappa shape index (κ1) is 15.7. The summed E-state index contributed by atoms with van der Waals surface area (Å²) in [7, 11) is -3.27. The molecule has 0 saturated heterocycles. The molecular formula is C13H18O5S. The normalized spacial score (nSPS) is 14.7. The Labute approximate surface area is 113 Å². The Morgan fingerprint density at radius 2 is 1.84 bits per heavy atom. The molecule has 0 radical (unpaired) electrons. The van der Waals surface area contributed by atoms with Crippen LogP contribution in [-0.4, -0.2) is 32.4 Å². The molecule has 1 N–H and O–H groups in total. The second-order valence-corrected chi connectivity index (χ2v) is 6.57. The van der Waals surface area contributed by atoms with Crippen molar-refractivity contribution in [1.29, 1.82) is 0 Å². The molecular weight excluding hydrogens is 268 g/mol. The van der Waals surface area contributed by atoms with Crippen LogP contribution in [0.2, 0.25) is 0 Å². The molecule has 0 aliphatic heterocycles. The highest BCUT2D eigenvalue weighted by Gasteiger charge is 2.27. The Balaban J connectivity index is 2.93. The van der Waals surface area contributed by atoms with Crippen molar-refractivity contribution in [3.8, 4) is 0 Å². The number of carbonyl (C=O) groups excluding carboxylic acids is 1. The predicted molar refractivity (Wildman–Crippen MR) is 70.4 cm³/mol. The Morgan fingerprint density at radius 3 is 2.26 bits per heavy atom. The molecule has 1 rings (SSSR count). The van der Waals surface area contributed by atoms with Crippen LogP contribution in [0, 0.1) is 0 Å². The third kappa shape index (κ3) is 4.33. The van der Waals surface area contributed by atoms with Crippen molar-refractivity contribution in [2.75, 3.05) is 12.9 Å². The summed E-state index contributed by atoms with van der Waals surface area (Å²) in [6.07, 6.45) is 0.928. The van der Waals surface area contributed by atoms with Crippen LogP contribution in [0.25, 0.3) is 0 Å². The highest BCUT2D eigenvalue weighted by atomic mass is 32.2. The second-order valence-electron chi connectivity index (χ2n) is 4.55. The van der Waals surface area contributed by atoms with Gasteiger partial charge in [-0.05, 0) is 31.5 Å². The minimum Gasteiger partial charge on any atom is -0.466 e. The van der Waals surface area contributed by atoms with Gasteiger partial charge in [0.25, 0.3) is 0 Å². The lowest BCUT2D eigenvalue weighted by molar-refractivity contribution is -0.148. The number of hydrogen-bond acceptors (Lipinski definition) is 5. The van der Waals surface area contributed by atoms with Crippen LogP contribution < -0.4 is 0 Å². The van der Waals surface area contributed by atoms with E-state index in [0.717, 1.165) is 6.26 Å². The van der Waals surface area contributed by atoms with E-state index in [1.165, 1.54) is 31.2 Å². The van der Waals surface area contributed by atoms with Gasteiger partial charge in [-0.2, -0.15) is 0 Å². The molecule has 1 unspecified atom stereocenters. The summed E-state index contributed by atoms with van der Waals surface area (Å²) >= 11 is 0. The molecule has 0 spiro atoms. The van der Waals surface area contributed by atoms with E-state index in [0.29, 0.717) is 5.56 Å². The summed E-state index contributed by atoms with van der Waals surface area (Å²) in [5.74, 6) is -0.500. The largest absolute Gasteiger partial charge is 0.466 e. The minimum atomic E-state index is -3.27. The Bertz CT molecular complexity index is 543. The van der Waals surface area contributed by atoms with Crippen LogP contribution in [0.15, 0.2) is 29.2 Å². The van der Waals surface area contributed by atoms with E-state index in [1.807, 2.05) is 0 Å². The van der Waals surface area contributed by atoms with Gasteiger partial charge in [0.05, 0.1) is 23.5 Å². The summed E-state index contributed by atoms with van der Waals surface area (Å²) in [5, 5.41) is 10.2. The topological polar surface area (TPSA) is 80.7 Å². The van der Waals surface area contributed by atoms with Gasteiger partial charge in [0.2, 0.25) is 0 Å². The first-order valence-electron chi connectivity index (χ1n) is 5.85. The zero-order valence-electron chi connectivity index (χ0n) is 11.2. The first-order valence-corrected chi connectivity index (χ1v) is 7.74. The van der Waals surface area contributed by atoms with Gasteiger partial charge in [-0.1, -0.05) is 12.1 Å². The lowest BCUT2D eigenvalue weighted by atomic mass is 9.93. The summed E-state index contributed by atoms with van der Waals surface area (Å²) in [6, 6.07) is 5.81. The molecule has 0 saturated carbocycles. The van der Waals surface area contributed by atoms with Crippen LogP contribution in [0.5, 0.6) is 0 Å². The van der Waals surface area contributed by atoms with E-state index in [1.54, 1.807) is 6.92 Å².